The Hall–Kier alpha value is -3.37. The Balaban J connectivity index is 1.25. The molecule has 1 fully saturated rings. The lowest BCUT2D eigenvalue weighted by molar-refractivity contribution is -0.274. The quantitative estimate of drug-likeness (QED) is 0.563. The van der Waals surface area contributed by atoms with Gasteiger partial charge in [0.1, 0.15) is 18.0 Å². The maximum atomic E-state index is 12.7. The maximum absolute atomic E-state index is 12.7. The van der Waals surface area contributed by atoms with Crippen molar-refractivity contribution < 1.29 is 23.0 Å². The number of fused-ring (bicyclic) bond motifs is 1. The fourth-order valence-electron chi connectivity index (χ4n) is 4.86. The maximum Gasteiger partial charge on any atom is 0.573 e. The van der Waals surface area contributed by atoms with Gasteiger partial charge in [0.05, 0.1) is 11.8 Å². The molecule has 0 amide bonds. The summed E-state index contributed by atoms with van der Waals surface area (Å²) in [6.07, 6.45) is -2.25. The van der Waals surface area contributed by atoms with Crippen molar-refractivity contribution in [3.63, 3.8) is 0 Å². The van der Waals surface area contributed by atoms with E-state index in [0.717, 1.165) is 25.9 Å². The molecule has 184 valence electrons. The minimum absolute atomic E-state index is 0.0606. The van der Waals surface area contributed by atoms with E-state index in [1.165, 1.54) is 35.7 Å². The summed E-state index contributed by atoms with van der Waals surface area (Å²) in [6.45, 7) is 2.86. The number of hydrogen-bond acceptors (Lipinski definition) is 7. The number of alkyl halides is 3. The summed E-state index contributed by atoms with van der Waals surface area (Å²) in [5.41, 5.74) is 2.83. The zero-order valence-corrected chi connectivity index (χ0v) is 18.9. The molecule has 0 aliphatic carbocycles. The van der Waals surface area contributed by atoms with E-state index in [4.69, 9.17) is 0 Å². The smallest absolute Gasteiger partial charge is 0.404 e. The van der Waals surface area contributed by atoms with Gasteiger partial charge in [-0.1, -0.05) is 36.4 Å². The number of aliphatic hydroxyl groups excluding tert-OH is 1. The Morgan fingerprint density at radius 1 is 1.00 bits per heavy atom. The van der Waals surface area contributed by atoms with Gasteiger partial charge in [-0.3, -0.25) is 4.90 Å². The van der Waals surface area contributed by atoms with Gasteiger partial charge in [0, 0.05) is 38.3 Å². The van der Waals surface area contributed by atoms with Crippen molar-refractivity contribution in [1.82, 2.24) is 14.9 Å². The molecule has 2 N–H and O–H groups in total. The molecule has 7 nitrogen and oxygen atoms in total. The fraction of sp³-hybridized carbons (Fsp3) is 0.360. The van der Waals surface area contributed by atoms with E-state index in [1.54, 1.807) is 12.1 Å². The number of nitrogens with one attached hydrogen (secondary N) is 1. The van der Waals surface area contributed by atoms with Crippen LogP contribution < -0.4 is 15.0 Å². The van der Waals surface area contributed by atoms with E-state index >= 15 is 0 Å². The minimum atomic E-state index is -4.80. The summed E-state index contributed by atoms with van der Waals surface area (Å²) < 4.78 is 42.3. The summed E-state index contributed by atoms with van der Waals surface area (Å²) in [6, 6.07) is 15.9. The van der Waals surface area contributed by atoms with E-state index in [2.05, 4.69) is 49.2 Å². The van der Waals surface area contributed by atoms with E-state index in [-0.39, 0.29) is 17.5 Å². The lowest BCUT2D eigenvalue weighted by Crippen LogP contribution is -2.55. The second-order valence-electron chi connectivity index (χ2n) is 8.79. The van der Waals surface area contributed by atoms with Crippen LogP contribution in [-0.2, 0) is 13.0 Å². The number of benzene rings is 2. The van der Waals surface area contributed by atoms with Crippen molar-refractivity contribution in [1.29, 1.82) is 0 Å². The highest BCUT2D eigenvalue weighted by molar-refractivity contribution is 5.65. The minimum Gasteiger partial charge on any atom is -0.404 e. The average molecular weight is 486 g/mol. The lowest BCUT2D eigenvalue weighted by Gasteiger charge is -2.43. The van der Waals surface area contributed by atoms with Crippen LogP contribution in [0.3, 0.4) is 0 Å². The number of anilines is 3. The first kappa shape index (κ1) is 23.4. The second kappa shape index (κ2) is 9.71. The SMILES string of the molecule is O[C@H]1CN(c2cc(Nc3ccccc3OC(F)(F)F)ncn2)CC[C@@H]1N1CCc2ccccc2C1. The lowest BCUT2D eigenvalue weighted by atomic mass is 9.94. The number of nitrogens with zero attached hydrogens (tertiary/aromatic N) is 4. The van der Waals surface area contributed by atoms with Crippen LogP contribution in [0.4, 0.5) is 30.5 Å². The van der Waals surface area contributed by atoms with Crippen LogP contribution in [-0.4, -0.2) is 58.1 Å². The molecule has 10 heteroatoms. The van der Waals surface area contributed by atoms with E-state index < -0.39 is 12.5 Å². The van der Waals surface area contributed by atoms with Crippen molar-refractivity contribution in [2.24, 2.45) is 0 Å². The van der Waals surface area contributed by atoms with Gasteiger partial charge in [-0.2, -0.15) is 0 Å². The number of halogens is 3. The topological polar surface area (TPSA) is 73.8 Å². The first-order chi connectivity index (χ1) is 16.9. The third-order valence-corrected chi connectivity index (χ3v) is 6.53. The van der Waals surface area contributed by atoms with Crippen molar-refractivity contribution in [2.75, 3.05) is 29.9 Å². The van der Waals surface area contributed by atoms with Gasteiger partial charge in [-0.05, 0) is 36.1 Å². The Morgan fingerprint density at radius 3 is 2.57 bits per heavy atom. The van der Waals surface area contributed by atoms with Crippen molar-refractivity contribution in [2.45, 2.75) is 37.9 Å². The molecule has 0 saturated carbocycles. The summed E-state index contributed by atoms with van der Waals surface area (Å²) in [5, 5.41) is 13.9. The number of para-hydroxylation sites is 2. The predicted molar refractivity (Wildman–Crippen MR) is 126 cm³/mol. The molecule has 0 radical (unpaired) electrons. The highest BCUT2D eigenvalue weighted by Crippen LogP contribution is 2.32. The Morgan fingerprint density at radius 2 is 1.77 bits per heavy atom. The Bertz CT molecular complexity index is 1180. The molecule has 1 saturated heterocycles. The van der Waals surface area contributed by atoms with Gasteiger partial charge in [-0.15, -0.1) is 13.2 Å². The summed E-state index contributed by atoms with van der Waals surface area (Å²) in [7, 11) is 0. The van der Waals surface area contributed by atoms with Crippen LogP contribution in [0.15, 0.2) is 60.9 Å². The highest BCUT2D eigenvalue weighted by Gasteiger charge is 2.34. The van der Waals surface area contributed by atoms with Gasteiger partial charge in [0.25, 0.3) is 0 Å². The number of ether oxygens (including phenoxy) is 1. The van der Waals surface area contributed by atoms with E-state index in [9.17, 15) is 18.3 Å². The summed E-state index contributed by atoms with van der Waals surface area (Å²) in [4.78, 5) is 12.8. The molecule has 3 aromatic rings. The summed E-state index contributed by atoms with van der Waals surface area (Å²) in [5.74, 6) is 0.579. The van der Waals surface area contributed by atoms with Crippen LogP contribution >= 0.6 is 0 Å². The predicted octanol–water partition coefficient (Wildman–Crippen LogP) is 4.12. The fourth-order valence-corrected chi connectivity index (χ4v) is 4.86. The third kappa shape index (κ3) is 5.49. The first-order valence-electron chi connectivity index (χ1n) is 11.5. The van der Waals surface area contributed by atoms with Crippen LogP contribution in [0.5, 0.6) is 5.75 Å². The zero-order chi connectivity index (χ0) is 24.4. The molecular formula is C25H26F3N5O2. The Kier molecular flexibility index (Phi) is 6.48. The van der Waals surface area contributed by atoms with E-state index in [0.29, 0.717) is 24.7 Å². The molecular weight excluding hydrogens is 459 g/mol. The normalized spacial score (nSPS) is 20.9. The number of hydrogen-bond donors (Lipinski definition) is 2. The number of piperidine rings is 1. The van der Waals surface area contributed by atoms with E-state index in [1.807, 2.05) is 4.90 Å². The third-order valence-electron chi connectivity index (χ3n) is 6.53. The second-order valence-corrected chi connectivity index (χ2v) is 8.79. The molecule has 1 aromatic heterocycles. The molecule has 2 atom stereocenters. The molecule has 0 unspecified atom stereocenters. The van der Waals surface area contributed by atoms with Crippen molar-refractivity contribution in [3.05, 3.63) is 72.1 Å². The molecule has 0 bridgehead atoms. The molecule has 5 rings (SSSR count). The van der Waals surface area contributed by atoms with Gasteiger partial charge >= 0.3 is 6.36 Å². The van der Waals surface area contributed by atoms with Crippen LogP contribution in [0, 0.1) is 0 Å². The number of rotatable bonds is 5. The molecule has 2 aliphatic heterocycles. The number of aliphatic hydroxyl groups is 1. The van der Waals surface area contributed by atoms with Gasteiger partial charge < -0.3 is 20.1 Å². The van der Waals surface area contributed by atoms with Crippen molar-refractivity contribution in [3.8, 4) is 5.75 Å². The van der Waals surface area contributed by atoms with Gasteiger partial charge in [0.2, 0.25) is 0 Å². The molecule has 0 spiro atoms. The monoisotopic (exact) mass is 485 g/mol. The Labute approximate surface area is 201 Å². The number of aromatic nitrogens is 2. The first-order valence-corrected chi connectivity index (χ1v) is 11.5. The van der Waals surface area contributed by atoms with Crippen LogP contribution in [0.2, 0.25) is 0 Å². The van der Waals surface area contributed by atoms with Crippen LogP contribution in [0.25, 0.3) is 0 Å². The largest absolute Gasteiger partial charge is 0.573 e. The zero-order valence-electron chi connectivity index (χ0n) is 18.9. The summed E-state index contributed by atoms with van der Waals surface area (Å²) >= 11 is 0. The molecule has 3 heterocycles. The highest BCUT2D eigenvalue weighted by atomic mass is 19.4. The molecule has 35 heavy (non-hydrogen) atoms. The molecule has 2 aromatic carbocycles. The number of β-amino-alcohol motifs (C(OH)–C–C–N with tert-alkyl or cyclic N) is 1. The standard InChI is InChI=1S/C25H26F3N5O2/c26-25(27,28)35-22-8-4-3-7-19(22)31-23-13-24(30-16-29-23)33-12-10-20(21(34)15-33)32-11-9-17-5-1-2-6-18(17)14-32/h1-8,13,16,20-21,34H,9-12,14-15H2,(H,29,30,31)/t20-,21-/m0/s1. The van der Waals surface area contributed by atoms with Crippen molar-refractivity contribution >= 4 is 17.3 Å². The molecule has 2 aliphatic rings. The van der Waals surface area contributed by atoms with Gasteiger partial charge in [0.15, 0.2) is 5.75 Å². The van der Waals surface area contributed by atoms with Crippen LogP contribution in [0.1, 0.15) is 17.5 Å². The average Bonchev–Trinajstić information content (AvgIpc) is 2.84. The van der Waals surface area contributed by atoms with Gasteiger partial charge in [-0.25, -0.2) is 9.97 Å².